The molecule has 0 spiro atoms. The van der Waals surface area contributed by atoms with Crippen LogP contribution >= 0.6 is 12.2 Å². The van der Waals surface area contributed by atoms with Gasteiger partial charge in [-0.05, 0) is 38.1 Å². The lowest BCUT2D eigenvalue weighted by molar-refractivity contribution is -0.165. The number of nitrogens with zero attached hydrogens (tertiary/aromatic N) is 2. The van der Waals surface area contributed by atoms with E-state index in [2.05, 4.69) is 10.3 Å². The third-order valence-electron chi connectivity index (χ3n) is 3.72. The van der Waals surface area contributed by atoms with Gasteiger partial charge in [0.05, 0.1) is 0 Å². The molecule has 3 aliphatic heterocycles. The summed E-state index contributed by atoms with van der Waals surface area (Å²) in [6, 6.07) is 0. The Labute approximate surface area is 106 Å². The molecule has 0 aliphatic carbocycles. The smallest absolute Gasteiger partial charge is 0.272 e. The summed E-state index contributed by atoms with van der Waals surface area (Å²) in [6.45, 7) is 2.32. The van der Waals surface area contributed by atoms with Crippen LogP contribution < -0.4 is 11.2 Å². The average molecular weight is 258 g/mol. The molecular formula is C10H18N4O2S. The van der Waals surface area contributed by atoms with Crippen LogP contribution in [0.25, 0.3) is 0 Å². The van der Waals surface area contributed by atoms with Gasteiger partial charge in [0.2, 0.25) is 0 Å². The maximum absolute atomic E-state index is 12.1. The highest BCUT2D eigenvalue weighted by atomic mass is 32.1. The number of rotatable bonds is 1. The number of hydrazine groups is 1. The third-order valence-corrected chi connectivity index (χ3v) is 3.99. The molecular weight excluding hydrogens is 240 g/mol. The number of aliphatic hydroxyl groups is 1. The number of carbonyl (C=O) groups excluding carboxylic acids is 1. The molecule has 17 heavy (non-hydrogen) atoms. The second-order valence-electron chi connectivity index (χ2n) is 4.81. The van der Waals surface area contributed by atoms with Crippen molar-refractivity contribution in [2.24, 2.45) is 11.7 Å². The predicted molar refractivity (Wildman–Crippen MR) is 66.8 cm³/mol. The van der Waals surface area contributed by atoms with E-state index in [1.165, 1.54) is 5.01 Å². The Morgan fingerprint density at radius 2 is 2.18 bits per heavy atom. The van der Waals surface area contributed by atoms with Crippen LogP contribution in [-0.4, -0.2) is 58.3 Å². The highest BCUT2D eigenvalue weighted by molar-refractivity contribution is 7.80. The molecule has 96 valence electrons. The number of nitrogens with one attached hydrogen (secondary N) is 1. The summed E-state index contributed by atoms with van der Waals surface area (Å²) in [5, 5.41) is 11.8. The normalized spacial score (nSPS) is 35.4. The second-order valence-corrected chi connectivity index (χ2v) is 5.23. The van der Waals surface area contributed by atoms with E-state index in [1.807, 2.05) is 0 Å². The van der Waals surface area contributed by atoms with Crippen molar-refractivity contribution in [3.8, 4) is 0 Å². The summed E-state index contributed by atoms with van der Waals surface area (Å²) < 4.78 is 0. The van der Waals surface area contributed by atoms with Gasteiger partial charge in [-0.1, -0.05) is 0 Å². The molecule has 4 N–H and O–H groups in total. The Hall–Kier alpha value is -0.920. The predicted octanol–water partition coefficient (Wildman–Crippen LogP) is -1.35. The first kappa shape index (κ1) is 12.5. The van der Waals surface area contributed by atoms with Crippen molar-refractivity contribution >= 4 is 23.2 Å². The van der Waals surface area contributed by atoms with Crippen LogP contribution in [0.4, 0.5) is 0 Å². The van der Waals surface area contributed by atoms with Crippen molar-refractivity contribution in [3.05, 3.63) is 0 Å². The second kappa shape index (κ2) is 4.40. The largest absolute Gasteiger partial charge is 0.378 e. The Morgan fingerprint density at radius 1 is 1.59 bits per heavy atom. The molecule has 1 atom stereocenters. The van der Waals surface area contributed by atoms with Gasteiger partial charge in [-0.25, -0.2) is 0 Å². The highest BCUT2D eigenvalue weighted by Gasteiger charge is 2.50. The molecule has 0 aromatic rings. The van der Waals surface area contributed by atoms with E-state index < -0.39 is 11.5 Å². The zero-order chi connectivity index (χ0) is 12.6. The lowest BCUT2D eigenvalue weighted by Crippen LogP contribution is -2.67. The number of amides is 1. The molecule has 3 aliphatic rings. The number of carbonyl (C=O) groups is 1. The summed E-state index contributed by atoms with van der Waals surface area (Å²) in [5.41, 5.74) is 6.60. The SMILES string of the molecule is CN(NC(=O)C1(O)CN2CCC1CC2)C(N)=S. The molecule has 3 saturated heterocycles. The molecule has 3 heterocycles. The van der Waals surface area contributed by atoms with Crippen LogP contribution in [0, 0.1) is 5.92 Å². The van der Waals surface area contributed by atoms with Gasteiger partial charge >= 0.3 is 0 Å². The van der Waals surface area contributed by atoms with E-state index in [0.717, 1.165) is 25.9 Å². The Balaban J connectivity index is 2.05. The fourth-order valence-electron chi connectivity index (χ4n) is 2.60. The molecule has 7 heteroatoms. The van der Waals surface area contributed by atoms with Crippen molar-refractivity contribution < 1.29 is 9.90 Å². The molecule has 1 amide bonds. The Morgan fingerprint density at radius 3 is 2.59 bits per heavy atom. The van der Waals surface area contributed by atoms with Gasteiger partial charge in [-0.15, -0.1) is 0 Å². The maximum atomic E-state index is 12.1. The van der Waals surface area contributed by atoms with Gasteiger partial charge in [-0.2, -0.15) is 0 Å². The minimum Gasteiger partial charge on any atom is -0.378 e. The van der Waals surface area contributed by atoms with Gasteiger partial charge < -0.3 is 10.8 Å². The van der Waals surface area contributed by atoms with Gasteiger partial charge in [0.1, 0.15) is 0 Å². The fourth-order valence-corrected chi connectivity index (χ4v) is 2.65. The maximum Gasteiger partial charge on any atom is 0.272 e. The minimum atomic E-state index is -1.31. The van der Waals surface area contributed by atoms with E-state index in [4.69, 9.17) is 18.0 Å². The first-order valence-corrected chi connectivity index (χ1v) is 6.13. The van der Waals surface area contributed by atoms with Crippen molar-refractivity contribution in [1.29, 1.82) is 0 Å². The third kappa shape index (κ3) is 2.22. The van der Waals surface area contributed by atoms with Gasteiger partial charge in [-0.3, -0.25) is 20.1 Å². The van der Waals surface area contributed by atoms with E-state index in [9.17, 15) is 9.90 Å². The van der Waals surface area contributed by atoms with E-state index in [1.54, 1.807) is 7.05 Å². The van der Waals surface area contributed by atoms with Crippen LogP contribution in [0.5, 0.6) is 0 Å². The quantitative estimate of drug-likeness (QED) is 0.398. The van der Waals surface area contributed by atoms with E-state index in [0.29, 0.717) is 6.54 Å². The molecule has 3 fully saturated rings. The van der Waals surface area contributed by atoms with Crippen molar-refractivity contribution in [3.63, 3.8) is 0 Å². The minimum absolute atomic E-state index is 0.0345. The summed E-state index contributed by atoms with van der Waals surface area (Å²) >= 11 is 4.74. The number of thiocarbonyl (C=S) groups is 1. The molecule has 0 radical (unpaired) electrons. The fraction of sp³-hybridized carbons (Fsp3) is 0.800. The van der Waals surface area contributed by atoms with Crippen LogP contribution in [-0.2, 0) is 4.79 Å². The standard InChI is InChI=1S/C10H18N4O2S/c1-13(9(11)17)12-8(15)10(16)6-14-4-2-7(10)3-5-14/h7,16H,2-6H2,1H3,(H2,11,17)(H,12,15). The zero-order valence-corrected chi connectivity index (χ0v) is 10.7. The lowest BCUT2D eigenvalue weighted by Gasteiger charge is -2.49. The van der Waals surface area contributed by atoms with Crippen LogP contribution in [0.3, 0.4) is 0 Å². The van der Waals surface area contributed by atoms with Gasteiger partial charge in [0.15, 0.2) is 10.7 Å². The molecule has 1 unspecified atom stereocenters. The summed E-state index contributed by atoms with van der Waals surface area (Å²) in [7, 11) is 1.56. The number of hydrogen-bond donors (Lipinski definition) is 3. The number of piperidine rings is 3. The van der Waals surface area contributed by atoms with Gasteiger partial charge in [0.25, 0.3) is 5.91 Å². The Kier molecular flexibility index (Phi) is 3.24. The number of hydrogen-bond acceptors (Lipinski definition) is 4. The van der Waals surface area contributed by atoms with Crippen molar-refractivity contribution in [2.45, 2.75) is 18.4 Å². The van der Waals surface area contributed by atoms with Crippen LogP contribution in [0.15, 0.2) is 0 Å². The van der Waals surface area contributed by atoms with Gasteiger partial charge in [0, 0.05) is 19.5 Å². The first-order valence-electron chi connectivity index (χ1n) is 5.72. The molecule has 3 rings (SSSR count). The topological polar surface area (TPSA) is 81.8 Å². The Bertz CT molecular complexity index is 343. The summed E-state index contributed by atoms with van der Waals surface area (Å²) in [6.07, 6.45) is 1.72. The number of fused-ring (bicyclic) bond motifs is 3. The van der Waals surface area contributed by atoms with Crippen LogP contribution in [0.1, 0.15) is 12.8 Å². The highest BCUT2D eigenvalue weighted by Crippen LogP contribution is 2.35. The van der Waals surface area contributed by atoms with Crippen LogP contribution in [0.2, 0.25) is 0 Å². The monoisotopic (exact) mass is 258 g/mol. The molecule has 0 saturated carbocycles. The molecule has 0 aromatic heterocycles. The summed E-state index contributed by atoms with van der Waals surface area (Å²) in [4.78, 5) is 14.2. The van der Waals surface area contributed by atoms with E-state index >= 15 is 0 Å². The average Bonchev–Trinajstić information content (AvgIpc) is 2.29. The lowest BCUT2D eigenvalue weighted by atomic mass is 9.75. The molecule has 6 nitrogen and oxygen atoms in total. The summed E-state index contributed by atoms with van der Waals surface area (Å²) in [5.74, 6) is -0.380. The van der Waals surface area contributed by atoms with Crippen molar-refractivity contribution in [1.82, 2.24) is 15.3 Å². The van der Waals surface area contributed by atoms with E-state index in [-0.39, 0.29) is 11.0 Å². The first-order chi connectivity index (χ1) is 7.93. The molecule has 2 bridgehead atoms. The zero-order valence-electron chi connectivity index (χ0n) is 9.85. The van der Waals surface area contributed by atoms with Crippen molar-refractivity contribution in [2.75, 3.05) is 26.7 Å². The number of nitrogens with two attached hydrogens (primary N) is 1. The molecule has 0 aromatic carbocycles.